The van der Waals surface area contributed by atoms with Gasteiger partial charge in [0.05, 0.1) is 23.5 Å². The quantitative estimate of drug-likeness (QED) is 0.677. The van der Waals surface area contributed by atoms with Gasteiger partial charge in [-0.2, -0.15) is 0 Å². The van der Waals surface area contributed by atoms with Crippen LogP contribution in [0.2, 0.25) is 0 Å². The second-order valence-electron chi connectivity index (χ2n) is 5.45. The Hall–Kier alpha value is -1.71. The SMILES string of the molecule is CCCOC(=O)c1ccc(N2CCCCC2C)c(N)c1. The summed E-state index contributed by atoms with van der Waals surface area (Å²) in [6.07, 6.45) is 4.49. The third-order valence-corrected chi connectivity index (χ3v) is 3.81. The predicted octanol–water partition coefficient (Wildman–Crippen LogP) is 3.21. The molecule has 1 saturated heterocycles. The van der Waals surface area contributed by atoms with E-state index < -0.39 is 0 Å². The van der Waals surface area contributed by atoms with Crippen LogP contribution in [0.4, 0.5) is 11.4 Å². The Morgan fingerprint density at radius 3 is 2.90 bits per heavy atom. The van der Waals surface area contributed by atoms with Crippen molar-refractivity contribution in [2.45, 2.75) is 45.6 Å². The Morgan fingerprint density at radius 2 is 2.25 bits per heavy atom. The summed E-state index contributed by atoms with van der Waals surface area (Å²) in [6, 6.07) is 5.99. The van der Waals surface area contributed by atoms with Crippen molar-refractivity contribution in [3.63, 3.8) is 0 Å². The molecule has 1 aliphatic heterocycles. The van der Waals surface area contributed by atoms with Gasteiger partial charge < -0.3 is 15.4 Å². The molecule has 0 spiro atoms. The van der Waals surface area contributed by atoms with Gasteiger partial charge in [-0.1, -0.05) is 6.92 Å². The zero-order chi connectivity index (χ0) is 14.5. The maximum absolute atomic E-state index is 11.8. The highest BCUT2D eigenvalue weighted by Gasteiger charge is 2.21. The molecule has 1 heterocycles. The zero-order valence-corrected chi connectivity index (χ0v) is 12.4. The van der Waals surface area contributed by atoms with Crippen LogP contribution in [0, 0.1) is 0 Å². The van der Waals surface area contributed by atoms with Crippen molar-refractivity contribution in [1.29, 1.82) is 0 Å². The second-order valence-corrected chi connectivity index (χ2v) is 5.45. The molecule has 0 bridgehead atoms. The van der Waals surface area contributed by atoms with Crippen LogP contribution in [0.15, 0.2) is 18.2 Å². The molecule has 1 unspecified atom stereocenters. The average Bonchev–Trinajstić information content (AvgIpc) is 2.45. The monoisotopic (exact) mass is 276 g/mol. The third-order valence-electron chi connectivity index (χ3n) is 3.81. The van der Waals surface area contributed by atoms with Crippen LogP contribution in [-0.2, 0) is 4.74 Å². The molecule has 0 radical (unpaired) electrons. The fourth-order valence-corrected chi connectivity index (χ4v) is 2.68. The molecular weight excluding hydrogens is 252 g/mol. The van der Waals surface area contributed by atoms with Gasteiger partial charge in [0.1, 0.15) is 0 Å². The number of hydrogen-bond donors (Lipinski definition) is 1. The summed E-state index contributed by atoms with van der Waals surface area (Å²) in [5.74, 6) is -0.295. The van der Waals surface area contributed by atoms with E-state index in [1.165, 1.54) is 19.3 Å². The van der Waals surface area contributed by atoms with Crippen LogP contribution in [0.3, 0.4) is 0 Å². The summed E-state index contributed by atoms with van der Waals surface area (Å²) < 4.78 is 5.13. The number of hydrogen-bond acceptors (Lipinski definition) is 4. The molecule has 4 heteroatoms. The summed E-state index contributed by atoms with van der Waals surface area (Å²) in [7, 11) is 0. The third kappa shape index (κ3) is 3.24. The molecule has 1 atom stereocenters. The van der Waals surface area contributed by atoms with E-state index in [1.807, 2.05) is 19.1 Å². The maximum Gasteiger partial charge on any atom is 0.338 e. The van der Waals surface area contributed by atoms with Crippen LogP contribution in [0.5, 0.6) is 0 Å². The molecule has 2 rings (SSSR count). The number of esters is 1. The second kappa shape index (κ2) is 6.64. The Morgan fingerprint density at radius 1 is 1.45 bits per heavy atom. The van der Waals surface area contributed by atoms with E-state index in [0.29, 0.717) is 23.9 Å². The maximum atomic E-state index is 11.8. The van der Waals surface area contributed by atoms with Gasteiger partial charge in [-0.3, -0.25) is 0 Å². The van der Waals surface area contributed by atoms with Crippen LogP contribution in [-0.4, -0.2) is 25.2 Å². The Kier molecular flexibility index (Phi) is 4.88. The number of nitrogens with two attached hydrogens (primary N) is 1. The van der Waals surface area contributed by atoms with Gasteiger partial charge in [-0.25, -0.2) is 4.79 Å². The van der Waals surface area contributed by atoms with Crippen molar-refractivity contribution in [3.8, 4) is 0 Å². The molecule has 1 aliphatic rings. The lowest BCUT2D eigenvalue weighted by atomic mass is 10.0. The van der Waals surface area contributed by atoms with Gasteiger partial charge in [0.15, 0.2) is 0 Å². The van der Waals surface area contributed by atoms with Crippen molar-refractivity contribution >= 4 is 17.3 Å². The Balaban J connectivity index is 2.15. The summed E-state index contributed by atoms with van der Waals surface area (Å²) in [5.41, 5.74) is 8.35. The molecular formula is C16H24N2O2. The van der Waals surface area contributed by atoms with Gasteiger partial charge in [0.25, 0.3) is 0 Å². The van der Waals surface area contributed by atoms with Gasteiger partial charge in [-0.15, -0.1) is 0 Å². The molecule has 0 amide bonds. The highest BCUT2D eigenvalue weighted by Crippen LogP contribution is 2.30. The fourth-order valence-electron chi connectivity index (χ4n) is 2.68. The van der Waals surface area contributed by atoms with Gasteiger partial charge in [-0.05, 0) is 50.8 Å². The first-order valence-corrected chi connectivity index (χ1v) is 7.46. The van der Waals surface area contributed by atoms with E-state index in [1.54, 1.807) is 6.07 Å². The topological polar surface area (TPSA) is 55.6 Å². The van der Waals surface area contributed by atoms with Gasteiger partial charge in [0, 0.05) is 12.6 Å². The lowest BCUT2D eigenvalue weighted by molar-refractivity contribution is 0.0505. The summed E-state index contributed by atoms with van der Waals surface area (Å²) in [5, 5.41) is 0. The van der Waals surface area contributed by atoms with E-state index in [0.717, 1.165) is 18.7 Å². The normalized spacial score (nSPS) is 18.9. The molecule has 1 aromatic rings. The fraction of sp³-hybridized carbons (Fsp3) is 0.562. The van der Waals surface area contributed by atoms with Gasteiger partial charge in [0.2, 0.25) is 0 Å². The lowest BCUT2D eigenvalue weighted by Crippen LogP contribution is -2.37. The number of carbonyl (C=O) groups is 1. The summed E-state index contributed by atoms with van der Waals surface area (Å²) in [4.78, 5) is 14.1. The molecule has 110 valence electrons. The van der Waals surface area contributed by atoms with Crippen molar-refractivity contribution in [2.24, 2.45) is 0 Å². The van der Waals surface area contributed by atoms with Crippen LogP contribution in [0.1, 0.15) is 49.9 Å². The minimum atomic E-state index is -0.295. The number of nitrogen functional groups attached to an aromatic ring is 1. The van der Waals surface area contributed by atoms with Crippen molar-refractivity contribution in [2.75, 3.05) is 23.8 Å². The number of rotatable bonds is 4. The standard InChI is InChI=1S/C16H24N2O2/c1-3-10-20-16(19)13-7-8-15(14(17)11-13)18-9-5-4-6-12(18)2/h7-8,11-12H,3-6,9-10,17H2,1-2H3. The van der Waals surface area contributed by atoms with Crippen LogP contribution in [0.25, 0.3) is 0 Å². The number of ether oxygens (including phenoxy) is 1. The molecule has 1 fully saturated rings. The molecule has 0 saturated carbocycles. The highest BCUT2D eigenvalue weighted by atomic mass is 16.5. The number of carbonyl (C=O) groups excluding carboxylic acids is 1. The predicted molar refractivity (Wildman–Crippen MR) is 82.1 cm³/mol. The number of anilines is 2. The highest BCUT2D eigenvalue weighted by molar-refractivity contribution is 5.92. The first kappa shape index (κ1) is 14.7. The van der Waals surface area contributed by atoms with E-state index in [4.69, 9.17) is 10.5 Å². The van der Waals surface area contributed by atoms with Gasteiger partial charge >= 0.3 is 5.97 Å². The summed E-state index contributed by atoms with van der Waals surface area (Å²) in [6.45, 7) is 5.68. The Bertz CT molecular complexity index is 474. The number of nitrogens with zero attached hydrogens (tertiary/aromatic N) is 1. The molecule has 0 aromatic heterocycles. The van der Waals surface area contributed by atoms with Crippen molar-refractivity contribution in [3.05, 3.63) is 23.8 Å². The minimum Gasteiger partial charge on any atom is -0.462 e. The average molecular weight is 276 g/mol. The minimum absolute atomic E-state index is 0.295. The molecule has 4 nitrogen and oxygen atoms in total. The van der Waals surface area contributed by atoms with E-state index >= 15 is 0 Å². The van der Waals surface area contributed by atoms with E-state index in [-0.39, 0.29) is 5.97 Å². The lowest BCUT2D eigenvalue weighted by Gasteiger charge is -2.36. The number of piperidine rings is 1. The zero-order valence-electron chi connectivity index (χ0n) is 12.4. The van der Waals surface area contributed by atoms with E-state index in [9.17, 15) is 4.79 Å². The van der Waals surface area contributed by atoms with Crippen molar-refractivity contribution in [1.82, 2.24) is 0 Å². The first-order chi connectivity index (χ1) is 9.63. The van der Waals surface area contributed by atoms with Crippen LogP contribution >= 0.6 is 0 Å². The molecule has 0 aliphatic carbocycles. The van der Waals surface area contributed by atoms with Crippen molar-refractivity contribution < 1.29 is 9.53 Å². The number of benzene rings is 1. The molecule has 20 heavy (non-hydrogen) atoms. The molecule has 2 N–H and O–H groups in total. The smallest absolute Gasteiger partial charge is 0.338 e. The largest absolute Gasteiger partial charge is 0.462 e. The molecule has 1 aromatic carbocycles. The van der Waals surface area contributed by atoms with Crippen LogP contribution < -0.4 is 10.6 Å². The Labute approximate surface area is 120 Å². The first-order valence-electron chi connectivity index (χ1n) is 7.46. The van der Waals surface area contributed by atoms with E-state index in [2.05, 4.69) is 11.8 Å². The summed E-state index contributed by atoms with van der Waals surface area (Å²) >= 11 is 0.